The van der Waals surface area contributed by atoms with E-state index in [1.165, 1.54) is 5.56 Å². The lowest BCUT2D eigenvalue weighted by molar-refractivity contribution is 0.414. The van der Waals surface area contributed by atoms with Gasteiger partial charge in [0.25, 0.3) is 0 Å². The fourth-order valence-corrected chi connectivity index (χ4v) is 2.43. The molecular formula is C19H19N3O. The third-order valence-electron chi connectivity index (χ3n) is 3.68. The van der Waals surface area contributed by atoms with Crippen LogP contribution < -0.4 is 10.2 Å². The van der Waals surface area contributed by atoms with E-state index in [9.17, 15) is 0 Å². The number of aromatic nitrogens is 1. The van der Waals surface area contributed by atoms with Gasteiger partial charge in [0, 0.05) is 10.9 Å². The minimum Gasteiger partial charge on any atom is -0.496 e. The molecule has 1 heterocycles. The van der Waals surface area contributed by atoms with Crippen molar-refractivity contribution in [3.63, 3.8) is 0 Å². The molecular weight excluding hydrogens is 286 g/mol. The van der Waals surface area contributed by atoms with Crippen LogP contribution in [0.4, 0.5) is 5.82 Å². The Hall–Kier alpha value is -2.88. The third-order valence-corrected chi connectivity index (χ3v) is 3.68. The normalized spacial score (nSPS) is 11.1. The van der Waals surface area contributed by atoms with Crippen molar-refractivity contribution in [2.45, 2.75) is 13.8 Å². The van der Waals surface area contributed by atoms with E-state index in [1.54, 1.807) is 13.3 Å². The topological polar surface area (TPSA) is 46.5 Å². The predicted molar refractivity (Wildman–Crippen MR) is 95.4 cm³/mol. The van der Waals surface area contributed by atoms with Crippen molar-refractivity contribution in [2.24, 2.45) is 5.10 Å². The highest BCUT2D eigenvalue weighted by Crippen LogP contribution is 2.21. The van der Waals surface area contributed by atoms with Gasteiger partial charge < -0.3 is 4.74 Å². The van der Waals surface area contributed by atoms with E-state index >= 15 is 0 Å². The molecule has 0 bridgehead atoms. The molecule has 2 aromatic carbocycles. The number of para-hydroxylation sites is 1. The van der Waals surface area contributed by atoms with Crippen molar-refractivity contribution in [1.82, 2.24) is 4.98 Å². The standard InChI is InChI=1S/C19H19N3O/c1-13-8-9-15-11-14(2)19(21-17(15)10-13)22-20-12-16-6-4-5-7-18(16)23-3/h4-12H,1-3H3,(H,21,22). The Labute approximate surface area is 135 Å². The predicted octanol–water partition coefficient (Wildman–Crippen LogP) is 4.31. The van der Waals surface area contributed by atoms with Gasteiger partial charge in [0.15, 0.2) is 0 Å². The second-order valence-electron chi connectivity index (χ2n) is 5.46. The van der Waals surface area contributed by atoms with Crippen LogP contribution in [0.5, 0.6) is 5.75 Å². The highest BCUT2D eigenvalue weighted by molar-refractivity contribution is 5.85. The maximum Gasteiger partial charge on any atom is 0.149 e. The maximum atomic E-state index is 5.31. The van der Waals surface area contributed by atoms with Crippen LogP contribution in [-0.4, -0.2) is 18.3 Å². The number of fused-ring (bicyclic) bond motifs is 1. The van der Waals surface area contributed by atoms with Crippen LogP contribution in [0.1, 0.15) is 16.7 Å². The van der Waals surface area contributed by atoms with E-state index in [2.05, 4.69) is 46.7 Å². The van der Waals surface area contributed by atoms with Gasteiger partial charge in [-0.3, -0.25) is 5.43 Å². The number of hydrogen-bond acceptors (Lipinski definition) is 4. The van der Waals surface area contributed by atoms with Crippen molar-refractivity contribution >= 4 is 22.9 Å². The molecule has 3 rings (SSSR count). The summed E-state index contributed by atoms with van der Waals surface area (Å²) in [6.07, 6.45) is 1.74. The molecule has 116 valence electrons. The fraction of sp³-hybridized carbons (Fsp3) is 0.158. The SMILES string of the molecule is COc1ccccc1C=NNc1nc2cc(C)ccc2cc1C. The Morgan fingerprint density at radius 1 is 1.09 bits per heavy atom. The summed E-state index contributed by atoms with van der Waals surface area (Å²) < 4.78 is 5.31. The number of benzene rings is 2. The molecule has 0 spiro atoms. The zero-order valence-electron chi connectivity index (χ0n) is 13.5. The zero-order valence-corrected chi connectivity index (χ0v) is 13.5. The molecule has 4 heteroatoms. The molecule has 3 aromatic rings. The average Bonchev–Trinajstić information content (AvgIpc) is 2.56. The average molecular weight is 305 g/mol. The summed E-state index contributed by atoms with van der Waals surface area (Å²) in [5, 5.41) is 5.42. The van der Waals surface area contributed by atoms with Crippen molar-refractivity contribution in [1.29, 1.82) is 0 Å². The molecule has 0 saturated carbocycles. The van der Waals surface area contributed by atoms with E-state index < -0.39 is 0 Å². The summed E-state index contributed by atoms with van der Waals surface area (Å²) in [6.45, 7) is 4.08. The number of nitrogens with one attached hydrogen (secondary N) is 1. The van der Waals surface area contributed by atoms with Gasteiger partial charge in [-0.05, 0) is 49.2 Å². The molecule has 0 aliphatic carbocycles. The van der Waals surface area contributed by atoms with Crippen molar-refractivity contribution in [2.75, 3.05) is 12.5 Å². The number of pyridine rings is 1. The molecule has 0 unspecified atom stereocenters. The van der Waals surface area contributed by atoms with Gasteiger partial charge in [-0.15, -0.1) is 0 Å². The lowest BCUT2D eigenvalue weighted by Crippen LogP contribution is -1.98. The van der Waals surface area contributed by atoms with Crippen molar-refractivity contribution in [3.8, 4) is 5.75 Å². The third kappa shape index (κ3) is 3.31. The zero-order chi connectivity index (χ0) is 16.2. The Balaban J connectivity index is 1.86. The van der Waals surface area contributed by atoms with Gasteiger partial charge in [-0.1, -0.05) is 24.3 Å². The van der Waals surface area contributed by atoms with Crippen LogP contribution >= 0.6 is 0 Å². The minimum atomic E-state index is 0.759. The van der Waals surface area contributed by atoms with Gasteiger partial charge in [0.1, 0.15) is 11.6 Å². The molecule has 4 nitrogen and oxygen atoms in total. The summed E-state index contributed by atoms with van der Waals surface area (Å²) in [5.74, 6) is 1.55. The quantitative estimate of drug-likeness (QED) is 0.577. The van der Waals surface area contributed by atoms with Gasteiger partial charge in [-0.2, -0.15) is 5.10 Å². The summed E-state index contributed by atoms with van der Waals surface area (Å²) in [6, 6.07) is 16.1. The van der Waals surface area contributed by atoms with E-state index in [1.807, 2.05) is 31.2 Å². The number of hydrogen-bond donors (Lipinski definition) is 1. The van der Waals surface area contributed by atoms with Crippen LogP contribution in [-0.2, 0) is 0 Å². The molecule has 0 radical (unpaired) electrons. The number of methoxy groups -OCH3 is 1. The maximum absolute atomic E-state index is 5.31. The molecule has 0 amide bonds. The Morgan fingerprint density at radius 2 is 1.91 bits per heavy atom. The lowest BCUT2D eigenvalue weighted by atomic mass is 10.1. The monoisotopic (exact) mass is 305 g/mol. The highest BCUT2D eigenvalue weighted by atomic mass is 16.5. The van der Waals surface area contributed by atoms with Crippen LogP contribution in [0.3, 0.4) is 0 Å². The first kappa shape index (κ1) is 15.0. The smallest absolute Gasteiger partial charge is 0.149 e. The number of rotatable bonds is 4. The molecule has 23 heavy (non-hydrogen) atoms. The highest BCUT2D eigenvalue weighted by Gasteiger charge is 2.03. The lowest BCUT2D eigenvalue weighted by Gasteiger charge is -2.07. The molecule has 1 N–H and O–H groups in total. The van der Waals surface area contributed by atoms with Crippen molar-refractivity contribution in [3.05, 3.63) is 65.2 Å². The first-order chi connectivity index (χ1) is 11.2. The number of nitrogens with zero attached hydrogens (tertiary/aromatic N) is 2. The summed E-state index contributed by atoms with van der Waals surface area (Å²) in [7, 11) is 1.65. The number of hydrazone groups is 1. The van der Waals surface area contributed by atoms with Crippen molar-refractivity contribution < 1.29 is 4.74 Å². The fourth-order valence-electron chi connectivity index (χ4n) is 2.43. The van der Waals surface area contributed by atoms with Crippen LogP contribution in [0.2, 0.25) is 0 Å². The van der Waals surface area contributed by atoms with Gasteiger partial charge in [0.05, 0.1) is 18.8 Å². The first-order valence-corrected chi connectivity index (χ1v) is 7.47. The van der Waals surface area contributed by atoms with E-state index in [0.717, 1.165) is 33.6 Å². The number of ether oxygens (including phenoxy) is 1. The molecule has 0 fully saturated rings. The van der Waals surface area contributed by atoms with Gasteiger partial charge >= 0.3 is 0 Å². The van der Waals surface area contributed by atoms with E-state index in [-0.39, 0.29) is 0 Å². The Morgan fingerprint density at radius 3 is 2.74 bits per heavy atom. The molecule has 1 aromatic heterocycles. The molecule has 0 aliphatic rings. The van der Waals surface area contributed by atoms with Crippen LogP contribution in [0.15, 0.2) is 53.6 Å². The van der Waals surface area contributed by atoms with E-state index in [0.29, 0.717) is 0 Å². The largest absolute Gasteiger partial charge is 0.496 e. The van der Waals surface area contributed by atoms with Gasteiger partial charge in [0.2, 0.25) is 0 Å². The summed E-state index contributed by atoms with van der Waals surface area (Å²) in [4.78, 5) is 4.65. The summed E-state index contributed by atoms with van der Waals surface area (Å²) >= 11 is 0. The van der Waals surface area contributed by atoms with Crippen LogP contribution in [0, 0.1) is 13.8 Å². The summed E-state index contributed by atoms with van der Waals surface area (Å²) in [5.41, 5.74) is 7.15. The van der Waals surface area contributed by atoms with Crippen LogP contribution in [0.25, 0.3) is 10.9 Å². The Bertz CT molecular complexity index is 872. The molecule has 0 aliphatic heterocycles. The van der Waals surface area contributed by atoms with Gasteiger partial charge in [-0.25, -0.2) is 4.98 Å². The number of anilines is 1. The molecule has 0 saturated heterocycles. The number of aryl methyl sites for hydroxylation is 2. The second kappa shape index (κ2) is 6.48. The van der Waals surface area contributed by atoms with E-state index in [4.69, 9.17) is 4.74 Å². The second-order valence-corrected chi connectivity index (χ2v) is 5.46. The molecule has 0 atom stereocenters. The minimum absolute atomic E-state index is 0.759. The first-order valence-electron chi connectivity index (χ1n) is 7.47. The Kier molecular flexibility index (Phi) is 4.24.